The van der Waals surface area contributed by atoms with Gasteiger partial charge in [-0.1, -0.05) is 60.7 Å². The first-order chi connectivity index (χ1) is 14.7. The number of benzene rings is 4. The summed E-state index contributed by atoms with van der Waals surface area (Å²) in [7, 11) is -1.95. The summed E-state index contributed by atoms with van der Waals surface area (Å²) in [6.45, 7) is 2.01. The van der Waals surface area contributed by atoms with Crippen LogP contribution in [0.2, 0.25) is 0 Å². The predicted molar refractivity (Wildman–Crippen MR) is 131 cm³/mol. The largest absolute Gasteiger partial charge is 0.506 e. The van der Waals surface area contributed by atoms with Gasteiger partial charge in [0, 0.05) is 6.21 Å². The van der Waals surface area contributed by atoms with Crippen molar-refractivity contribution in [2.75, 3.05) is 6.16 Å². The molecule has 4 rings (SSSR count). The molecule has 0 atom stereocenters. The lowest BCUT2D eigenvalue weighted by Gasteiger charge is -2.26. The maximum Gasteiger partial charge on any atom is 0.141 e. The predicted octanol–water partition coefficient (Wildman–Crippen LogP) is 5.40. The van der Waals surface area contributed by atoms with Crippen molar-refractivity contribution in [1.82, 2.24) is 0 Å². The Labute approximate surface area is 178 Å². The third-order valence-corrected chi connectivity index (χ3v) is 9.56. The van der Waals surface area contributed by atoms with E-state index in [1.807, 2.05) is 25.3 Å². The zero-order valence-electron chi connectivity index (χ0n) is 17.0. The molecule has 148 valence electrons. The molecule has 0 radical (unpaired) electrons. The van der Waals surface area contributed by atoms with Crippen LogP contribution in [0.15, 0.2) is 114 Å². The molecule has 0 bridgehead atoms. The van der Waals surface area contributed by atoms with Gasteiger partial charge in [0.25, 0.3) is 0 Å². The summed E-state index contributed by atoms with van der Waals surface area (Å²) in [4.78, 5) is 4.68. The summed E-state index contributed by atoms with van der Waals surface area (Å²) < 4.78 is 0. The Kier molecular flexibility index (Phi) is 6.07. The standard InChI is InChI=1S/C27H24NOP/c1-22-17-18-27(29)26(21-22)28-19-20-30(23-11-5-2-6-12-23,24-13-7-3-8-14-24)25-15-9-4-10-16-25/h2-19,21H,20H2,1H3/p+1. The molecule has 1 N–H and O–H groups in total. The van der Waals surface area contributed by atoms with Crippen LogP contribution in [0, 0.1) is 6.92 Å². The fourth-order valence-electron chi connectivity index (χ4n) is 3.81. The number of aliphatic imine (C=N–C) groups is 1. The molecule has 0 aliphatic rings. The zero-order valence-corrected chi connectivity index (χ0v) is 17.9. The van der Waals surface area contributed by atoms with Gasteiger partial charge in [-0.3, -0.25) is 4.99 Å². The topological polar surface area (TPSA) is 32.6 Å². The van der Waals surface area contributed by atoms with Crippen molar-refractivity contribution in [3.8, 4) is 5.75 Å². The van der Waals surface area contributed by atoms with E-state index in [1.165, 1.54) is 15.9 Å². The molecule has 0 spiro atoms. The van der Waals surface area contributed by atoms with E-state index >= 15 is 0 Å². The first kappa shape index (κ1) is 20.1. The number of aromatic hydroxyl groups is 1. The van der Waals surface area contributed by atoms with E-state index in [2.05, 4.69) is 96.0 Å². The Morgan fingerprint density at radius 2 is 1.17 bits per heavy atom. The van der Waals surface area contributed by atoms with Crippen molar-refractivity contribution in [3.63, 3.8) is 0 Å². The van der Waals surface area contributed by atoms with Crippen molar-refractivity contribution in [2.24, 2.45) is 4.99 Å². The van der Waals surface area contributed by atoms with Crippen LogP contribution < -0.4 is 15.9 Å². The van der Waals surface area contributed by atoms with Gasteiger partial charge in [0.1, 0.15) is 40.8 Å². The van der Waals surface area contributed by atoms with Crippen LogP contribution in [0.5, 0.6) is 5.75 Å². The Hall–Kier alpha value is -3.22. The summed E-state index contributed by atoms with van der Waals surface area (Å²) in [6.07, 6.45) is 2.76. The Morgan fingerprint density at radius 1 is 0.700 bits per heavy atom. The van der Waals surface area contributed by atoms with E-state index in [4.69, 9.17) is 0 Å². The van der Waals surface area contributed by atoms with Crippen LogP contribution in [0.3, 0.4) is 0 Å². The van der Waals surface area contributed by atoms with Crippen molar-refractivity contribution in [1.29, 1.82) is 0 Å². The highest BCUT2D eigenvalue weighted by Gasteiger charge is 2.44. The second kappa shape index (κ2) is 9.07. The van der Waals surface area contributed by atoms with Crippen molar-refractivity contribution < 1.29 is 5.11 Å². The first-order valence-electron chi connectivity index (χ1n) is 10.1. The molecule has 0 unspecified atom stereocenters. The van der Waals surface area contributed by atoms with Crippen LogP contribution in [0.4, 0.5) is 5.69 Å². The molecule has 0 fully saturated rings. The highest BCUT2D eigenvalue weighted by molar-refractivity contribution is 7.96. The minimum atomic E-state index is -1.95. The zero-order chi connectivity index (χ0) is 20.8. The maximum atomic E-state index is 10.2. The van der Waals surface area contributed by atoms with Crippen molar-refractivity contribution in [3.05, 3.63) is 115 Å². The molecule has 2 nitrogen and oxygen atoms in total. The maximum absolute atomic E-state index is 10.2. The highest BCUT2D eigenvalue weighted by atomic mass is 31.2. The van der Waals surface area contributed by atoms with Gasteiger partial charge < -0.3 is 5.11 Å². The average molecular weight is 410 g/mol. The molecule has 3 heteroatoms. The SMILES string of the molecule is Cc1ccc(O)c(N=CC[P+](c2ccccc2)(c2ccccc2)c2ccccc2)c1. The smallest absolute Gasteiger partial charge is 0.141 e. The molecule has 30 heavy (non-hydrogen) atoms. The van der Waals surface area contributed by atoms with Crippen LogP contribution in [-0.2, 0) is 0 Å². The number of rotatable bonds is 6. The lowest BCUT2D eigenvalue weighted by molar-refractivity contribution is 0.477. The average Bonchev–Trinajstić information content (AvgIpc) is 2.81. The minimum Gasteiger partial charge on any atom is -0.506 e. The number of phenols is 1. The Bertz CT molecular complexity index is 1030. The fourth-order valence-corrected chi connectivity index (χ4v) is 7.71. The summed E-state index contributed by atoms with van der Waals surface area (Å²) in [5.74, 6) is 0.208. The molecule has 0 aliphatic heterocycles. The normalized spacial score (nSPS) is 11.6. The number of phenolic OH excluding ortho intramolecular Hbond substituents is 1. The summed E-state index contributed by atoms with van der Waals surface area (Å²) >= 11 is 0. The van der Waals surface area contributed by atoms with Gasteiger partial charge in [0.15, 0.2) is 0 Å². The highest BCUT2D eigenvalue weighted by Crippen LogP contribution is 2.54. The second-order valence-electron chi connectivity index (χ2n) is 7.30. The molecule has 0 saturated heterocycles. The van der Waals surface area contributed by atoms with E-state index in [9.17, 15) is 5.11 Å². The molecule has 0 aromatic heterocycles. The number of aryl methyl sites for hydroxylation is 1. The summed E-state index contributed by atoms with van der Waals surface area (Å²) in [5, 5.41) is 14.2. The Balaban J connectivity index is 1.87. The molecular weight excluding hydrogens is 385 g/mol. The van der Waals surface area contributed by atoms with Crippen LogP contribution in [-0.4, -0.2) is 17.5 Å². The van der Waals surface area contributed by atoms with Crippen molar-refractivity contribution in [2.45, 2.75) is 6.92 Å². The molecule has 4 aromatic rings. The van der Waals surface area contributed by atoms with Gasteiger partial charge in [0.05, 0.1) is 0 Å². The first-order valence-corrected chi connectivity index (χ1v) is 12.0. The van der Waals surface area contributed by atoms with E-state index < -0.39 is 7.26 Å². The van der Waals surface area contributed by atoms with Crippen LogP contribution >= 0.6 is 7.26 Å². The molecule has 0 amide bonds. The van der Waals surface area contributed by atoms with Gasteiger partial charge in [-0.15, -0.1) is 0 Å². The van der Waals surface area contributed by atoms with E-state index in [0.29, 0.717) is 5.69 Å². The quantitative estimate of drug-likeness (QED) is 0.335. The number of hydrogen-bond donors (Lipinski definition) is 1. The van der Waals surface area contributed by atoms with Gasteiger partial charge in [0.2, 0.25) is 0 Å². The fraction of sp³-hybridized carbons (Fsp3) is 0.0741. The third-order valence-electron chi connectivity index (χ3n) is 5.31. The van der Waals surface area contributed by atoms with Crippen LogP contribution in [0.25, 0.3) is 0 Å². The minimum absolute atomic E-state index is 0.208. The van der Waals surface area contributed by atoms with E-state index in [1.54, 1.807) is 6.07 Å². The monoisotopic (exact) mass is 410 g/mol. The van der Waals surface area contributed by atoms with Gasteiger partial charge in [-0.25, -0.2) is 0 Å². The van der Waals surface area contributed by atoms with Crippen LogP contribution in [0.1, 0.15) is 5.56 Å². The molecule has 0 heterocycles. The summed E-state index contributed by atoms with van der Waals surface area (Å²) in [6, 6.07) is 37.7. The lowest BCUT2D eigenvalue weighted by atomic mass is 10.2. The number of hydrogen-bond acceptors (Lipinski definition) is 2. The molecule has 4 aromatic carbocycles. The van der Waals surface area contributed by atoms with Crippen molar-refractivity contribution >= 4 is 35.1 Å². The molecular formula is C27H25NOP+. The lowest BCUT2D eigenvalue weighted by Crippen LogP contribution is -2.33. The van der Waals surface area contributed by atoms with Gasteiger partial charge in [-0.05, 0) is 61.0 Å². The van der Waals surface area contributed by atoms with Gasteiger partial charge >= 0.3 is 0 Å². The second-order valence-corrected chi connectivity index (χ2v) is 10.8. The molecule has 0 aliphatic carbocycles. The number of nitrogens with zero attached hydrogens (tertiary/aromatic N) is 1. The Morgan fingerprint density at radius 3 is 1.63 bits per heavy atom. The van der Waals surface area contributed by atoms with E-state index in [-0.39, 0.29) is 5.75 Å². The summed E-state index contributed by atoms with van der Waals surface area (Å²) in [5.41, 5.74) is 1.69. The van der Waals surface area contributed by atoms with E-state index in [0.717, 1.165) is 11.7 Å². The molecule has 0 saturated carbocycles. The third kappa shape index (κ3) is 4.06. The van der Waals surface area contributed by atoms with Gasteiger partial charge in [-0.2, -0.15) is 0 Å².